The first-order chi connectivity index (χ1) is 11.1. The molecule has 0 saturated carbocycles. The van der Waals surface area contributed by atoms with Crippen LogP contribution in [-0.2, 0) is 17.9 Å². The van der Waals surface area contributed by atoms with Crippen LogP contribution in [0.1, 0.15) is 11.3 Å². The minimum absolute atomic E-state index is 0.148. The number of nitrogens with zero attached hydrogens (tertiary/aromatic N) is 2. The van der Waals surface area contributed by atoms with Crippen molar-refractivity contribution in [2.24, 2.45) is 0 Å². The average Bonchev–Trinajstić information content (AvgIpc) is 3.15. The molecule has 23 heavy (non-hydrogen) atoms. The third-order valence-electron chi connectivity index (χ3n) is 3.33. The molecule has 0 radical (unpaired) electrons. The second-order valence-electron chi connectivity index (χ2n) is 5.24. The van der Waals surface area contributed by atoms with Crippen LogP contribution in [0.4, 0.5) is 4.39 Å². The summed E-state index contributed by atoms with van der Waals surface area (Å²) in [5, 5.41) is 6.80. The topological polar surface area (TPSA) is 60.1 Å². The van der Waals surface area contributed by atoms with Crippen LogP contribution in [0.15, 0.2) is 53.2 Å². The van der Waals surface area contributed by atoms with E-state index in [9.17, 15) is 9.18 Å². The Labute approximate surface area is 132 Å². The Morgan fingerprint density at radius 3 is 2.87 bits per heavy atom. The fourth-order valence-corrected chi connectivity index (χ4v) is 2.22. The van der Waals surface area contributed by atoms with Gasteiger partial charge in [-0.25, -0.2) is 4.39 Å². The quantitative estimate of drug-likeness (QED) is 0.788. The molecule has 3 rings (SSSR count). The molecular weight excluding hydrogens is 297 g/mol. The summed E-state index contributed by atoms with van der Waals surface area (Å²) in [4.78, 5) is 11.9. The maximum atomic E-state index is 13.7. The van der Waals surface area contributed by atoms with Crippen molar-refractivity contribution in [3.05, 3.63) is 65.9 Å². The van der Waals surface area contributed by atoms with Crippen LogP contribution in [0.5, 0.6) is 0 Å². The summed E-state index contributed by atoms with van der Waals surface area (Å²) in [5.74, 6) is 0.492. The molecule has 5 nitrogen and oxygen atoms in total. The van der Waals surface area contributed by atoms with E-state index in [0.29, 0.717) is 17.1 Å². The predicted octanol–water partition coefficient (Wildman–Crippen LogP) is 2.91. The van der Waals surface area contributed by atoms with Gasteiger partial charge in [0, 0.05) is 6.20 Å². The molecule has 0 bridgehead atoms. The van der Waals surface area contributed by atoms with Crippen LogP contribution >= 0.6 is 0 Å². The molecule has 2 aromatic heterocycles. The monoisotopic (exact) mass is 313 g/mol. The first-order valence-electron chi connectivity index (χ1n) is 7.21. The summed E-state index contributed by atoms with van der Waals surface area (Å²) in [7, 11) is 0. The molecule has 6 heteroatoms. The van der Waals surface area contributed by atoms with Crippen molar-refractivity contribution in [3.63, 3.8) is 0 Å². The Balaban J connectivity index is 1.59. The molecule has 0 aliphatic heterocycles. The fourth-order valence-electron chi connectivity index (χ4n) is 2.22. The Kier molecular flexibility index (Phi) is 4.23. The third kappa shape index (κ3) is 3.66. The van der Waals surface area contributed by atoms with E-state index >= 15 is 0 Å². The largest absolute Gasteiger partial charge is 0.459 e. The van der Waals surface area contributed by atoms with Crippen LogP contribution < -0.4 is 5.32 Å². The lowest BCUT2D eigenvalue weighted by Gasteiger charge is -2.04. The highest BCUT2D eigenvalue weighted by Gasteiger charge is 2.10. The lowest BCUT2D eigenvalue weighted by atomic mass is 10.1. The number of hydrogen-bond acceptors (Lipinski definition) is 3. The molecule has 1 amide bonds. The molecule has 0 fully saturated rings. The molecule has 1 aromatic carbocycles. The lowest BCUT2D eigenvalue weighted by molar-refractivity contribution is -0.122. The van der Waals surface area contributed by atoms with E-state index in [2.05, 4.69) is 10.4 Å². The number of furan rings is 1. The van der Waals surface area contributed by atoms with E-state index in [4.69, 9.17) is 4.42 Å². The Bertz CT molecular complexity index is 823. The van der Waals surface area contributed by atoms with Gasteiger partial charge in [-0.1, -0.05) is 12.1 Å². The zero-order valence-corrected chi connectivity index (χ0v) is 12.6. The van der Waals surface area contributed by atoms with E-state index < -0.39 is 0 Å². The maximum absolute atomic E-state index is 13.7. The van der Waals surface area contributed by atoms with Crippen molar-refractivity contribution in [1.29, 1.82) is 0 Å². The molecule has 0 aliphatic carbocycles. The van der Waals surface area contributed by atoms with Gasteiger partial charge in [-0.05, 0) is 36.8 Å². The number of rotatable bonds is 5. The van der Waals surface area contributed by atoms with Gasteiger partial charge in [0.15, 0.2) is 0 Å². The second kappa shape index (κ2) is 6.48. The molecule has 0 spiro atoms. The highest BCUT2D eigenvalue weighted by atomic mass is 19.1. The van der Waals surface area contributed by atoms with Gasteiger partial charge in [0.1, 0.15) is 23.9 Å². The summed E-state index contributed by atoms with van der Waals surface area (Å²) in [6.45, 7) is 2.30. The number of carbonyl (C=O) groups excluding carboxylic acids is 1. The van der Waals surface area contributed by atoms with Crippen LogP contribution in [0, 0.1) is 12.7 Å². The first kappa shape index (κ1) is 15.0. The van der Waals surface area contributed by atoms with Crippen LogP contribution in [0.2, 0.25) is 0 Å². The molecule has 0 aliphatic rings. The number of aromatic nitrogens is 2. The van der Waals surface area contributed by atoms with Gasteiger partial charge in [0.05, 0.1) is 18.3 Å². The summed E-state index contributed by atoms with van der Waals surface area (Å²) >= 11 is 0. The molecule has 0 saturated heterocycles. The molecule has 0 unspecified atom stereocenters. The predicted molar refractivity (Wildman–Crippen MR) is 82.9 cm³/mol. The van der Waals surface area contributed by atoms with Crippen LogP contribution in [0.3, 0.4) is 0 Å². The second-order valence-corrected chi connectivity index (χ2v) is 5.24. The number of carbonyl (C=O) groups is 1. The summed E-state index contributed by atoms with van der Waals surface area (Å²) < 4.78 is 20.8. The average molecular weight is 313 g/mol. The van der Waals surface area contributed by atoms with Crippen LogP contribution in [0.25, 0.3) is 11.3 Å². The number of hydrogen-bond donors (Lipinski definition) is 1. The normalized spacial score (nSPS) is 10.7. The van der Waals surface area contributed by atoms with Crippen molar-refractivity contribution in [1.82, 2.24) is 15.1 Å². The van der Waals surface area contributed by atoms with Crippen molar-refractivity contribution in [3.8, 4) is 11.3 Å². The zero-order chi connectivity index (χ0) is 16.2. The smallest absolute Gasteiger partial charge is 0.242 e. The Morgan fingerprint density at radius 2 is 2.13 bits per heavy atom. The van der Waals surface area contributed by atoms with Crippen LogP contribution in [-0.4, -0.2) is 15.7 Å². The molecule has 2 heterocycles. The summed E-state index contributed by atoms with van der Waals surface area (Å²) in [6.07, 6.45) is 3.49. The number of nitrogens with one attached hydrogen (secondary N) is 1. The molecule has 0 atom stereocenters. The maximum Gasteiger partial charge on any atom is 0.242 e. The van der Waals surface area contributed by atoms with Gasteiger partial charge in [0.2, 0.25) is 5.91 Å². The molecule has 3 aromatic rings. The Hall–Kier alpha value is -2.89. The Morgan fingerprint density at radius 1 is 1.30 bits per heavy atom. The van der Waals surface area contributed by atoms with Gasteiger partial charge >= 0.3 is 0 Å². The minimum Gasteiger partial charge on any atom is -0.459 e. The van der Waals surface area contributed by atoms with Gasteiger partial charge < -0.3 is 9.73 Å². The highest BCUT2D eigenvalue weighted by molar-refractivity contribution is 5.75. The summed E-state index contributed by atoms with van der Waals surface area (Å²) in [5.41, 5.74) is 1.40. The van der Waals surface area contributed by atoms with Crippen molar-refractivity contribution < 1.29 is 13.6 Å². The van der Waals surface area contributed by atoms with Crippen molar-refractivity contribution in [2.45, 2.75) is 20.0 Å². The molecule has 1 N–H and O–H groups in total. The standard InChI is InChI=1S/C17H16FN3O2/c1-12-8-20-21(10-12)11-17(22)19-9-13-6-7-16(23-13)14-4-2-3-5-15(14)18/h2-8,10H,9,11H2,1H3,(H,19,22). The van der Waals surface area contributed by atoms with E-state index in [1.54, 1.807) is 47.4 Å². The van der Waals surface area contributed by atoms with E-state index in [-0.39, 0.29) is 24.8 Å². The van der Waals surface area contributed by atoms with Gasteiger partial charge in [-0.2, -0.15) is 5.10 Å². The minimum atomic E-state index is -0.341. The van der Waals surface area contributed by atoms with Crippen molar-refractivity contribution >= 4 is 5.91 Å². The van der Waals surface area contributed by atoms with Crippen molar-refractivity contribution in [2.75, 3.05) is 0 Å². The van der Waals surface area contributed by atoms with Gasteiger partial charge in [-0.3, -0.25) is 9.48 Å². The number of aryl methyl sites for hydroxylation is 1. The van der Waals surface area contributed by atoms with Gasteiger partial charge in [-0.15, -0.1) is 0 Å². The number of benzene rings is 1. The highest BCUT2D eigenvalue weighted by Crippen LogP contribution is 2.24. The third-order valence-corrected chi connectivity index (χ3v) is 3.33. The molecule has 118 valence electrons. The van der Waals surface area contributed by atoms with E-state index in [0.717, 1.165) is 5.56 Å². The zero-order valence-electron chi connectivity index (χ0n) is 12.6. The van der Waals surface area contributed by atoms with E-state index in [1.165, 1.54) is 6.07 Å². The lowest BCUT2D eigenvalue weighted by Crippen LogP contribution is -2.27. The first-order valence-corrected chi connectivity index (χ1v) is 7.21. The number of amides is 1. The van der Waals surface area contributed by atoms with Gasteiger partial charge in [0.25, 0.3) is 0 Å². The van der Waals surface area contributed by atoms with E-state index in [1.807, 2.05) is 6.92 Å². The fraction of sp³-hybridized carbons (Fsp3) is 0.176. The number of halogens is 1. The molecular formula is C17H16FN3O2. The SMILES string of the molecule is Cc1cnn(CC(=O)NCc2ccc(-c3ccccc3F)o2)c1. The summed E-state index contributed by atoms with van der Waals surface area (Å²) in [6, 6.07) is 9.81.